The number of benzene rings is 1. The van der Waals surface area contributed by atoms with E-state index in [1.165, 1.54) is 6.20 Å². The Kier molecular flexibility index (Phi) is 6.77. The molecule has 2 aromatic rings. The summed E-state index contributed by atoms with van der Waals surface area (Å²) in [7, 11) is 0. The number of nitrogens with one attached hydrogen (secondary N) is 1. The second kappa shape index (κ2) is 9.88. The number of anilines is 2. The van der Waals surface area contributed by atoms with Crippen LogP contribution in [0.15, 0.2) is 54.8 Å². The third-order valence-corrected chi connectivity index (χ3v) is 5.92. The topological polar surface area (TPSA) is 119 Å². The van der Waals surface area contributed by atoms with Gasteiger partial charge in [0.05, 0.1) is 25.2 Å². The number of aromatic nitrogens is 2. The van der Waals surface area contributed by atoms with Crippen molar-refractivity contribution in [2.75, 3.05) is 50.4 Å². The maximum absolute atomic E-state index is 12.4. The van der Waals surface area contributed by atoms with E-state index in [4.69, 9.17) is 10.5 Å². The Hall–Kier alpha value is -3.30. The quantitative estimate of drug-likeness (QED) is 0.368. The molecule has 4 rings (SSSR count). The minimum Gasteiger partial charge on any atom is -0.379 e. The summed E-state index contributed by atoms with van der Waals surface area (Å²) in [5.74, 6) is 0.497. The highest BCUT2D eigenvalue weighted by atomic mass is 16.6. The van der Waals surface area contributed by atoms with Gasteiger partial charge in [0, 0.05) is 30.8 Å². The van der Waals surface area contributed by atoms with Gasteiger partial charge in [-0.1, -0.05) is 42.5 Å². The van der Waals surface area contributed by atoms with Crippen molar-refractivity contribution in [1.29, 1.82) is 0 Å². The van der Waals surface area contributed by atoms with Crippen LogP contribution < -0.4 is 11.1 Å². The fourth-order valence-corrected chi connectivity index (χ4v) is 4.17. The van der Waals surface area contributed by atoms with Crippen molar-refractivity contribution >= 4 is 17.3 Å². The highest BCUT2D eigenvalue weighted by Crippen LogP contribution is 2.42. The van der Waals surface area contributed by atoms with Crippen LogP contribution in [0.2, 0.25) is 0 Å². The van der Waals surface area contributed by atoms with Gasteiger partial charge in [-0.3, -0.25) is 15.0 Å². The van der Waals surface area contributed by atoms with E-state index in [0.29, 0.717) is 17.9 Å². The van der Waals surface area contributed by atoms with Crippen molar-refractivity contribution in [2.24, 2.45) is 0 Å². The summed E-state index contributed by atoms with van der Waals surface area (Å²) in [5.41, 5.74) is 6.62. The zero-order chi connectivity index (χ0) is 22.4. The number of nitrogens with zero attached hydrogens (tertiary/aromatic N) is 4. The fourth-order valence-electron chi connectivity index (χ4n) is 4.17. The van der Waals surface area contributed by atoms with Crippen LogP contribution in [-0.4, -0.2) is 59.2 Å². The van der Waals surface area contributed by atoms with Crippen LogP contribution in [0.25, 0.3) is 5.57 Å². The second-order valence-electron chi connectivity index (χ2n) is 8.00. The molecule has 32 heavy (non-hydrogen) atoms. The number of nitro groups is 1. The van der Waals surface area contributed by atoms with Crippen molar-refractivity contribution in [2.45, 2.75) is 18.4 Å². The Morgan fingerprint density at radius 1 is 1.25 bits per heavy atom. The molecule has 2 aliphatic rings. The van der Waals surface area contributed by atoms with E-state index in [-0.39, 0.29) is 17.3 Å². The van der Waals surface area contributed by atoms with Crippen LogP contribution in [0.4, 0.5) is 11.8 Å². The van der Waals surface area contributed by atoms with Gasteiger partial charge in [0.1, 0.15) is 5.82 Å². The standard InChI is InChI=1S/C23H28N6O3/c24-22-26-17-20(21(27-22)25-10-5-11-28-12-14-32-15-13-28)23(29(30)31)9-4-8-19(16-23)18-6-2-1-3-7-18/h1-4,6-9,17H,5,10-16H2,(H3,24,25,26,27). The van der Waals surface area contributed by atoms with E-state index in [1.807, 2.05) is 36.4 Å². The van der Waals surface area contributed by atoms with Crippen LogP contribution in [0.1, 0.15) is 24.0 Å². The monoisotopic (exact) mass is 436 g/mol. The molecule has 1 aromatic carbocycles. The van der Waals surface area contributed by atoms with Crippen LogP contribution in [0.3, 0.4) is 0 Å². The Labute approximate surface area is 187 Å². The molecule has 0 saturated carbocycles. The normalized spacial score (nSPS) is 21.2. The average Bonchev–Trinajstić information content (AvgIpc) is 2.83. The molecule has 168 valence electrons. The number of nitrogen functional groups attached to an aromatic ring is 1. The second-order valence-corrected chi connectivity index (χ2v) is 8.00. The summed E-state index contributed by atoms with van der Waals surface area (Å²) in [6.45, 7) is 4.92. The van der Waals surface area contributed by atoms with Crippen LogP contribution in [0, 0.1) is 10.1 Å². The first-order chi connectivity index (χ1) is 15.6. The van der Waals surface area contributed by atoms with Gasteiger partial charge in [-0.2, -0.15) is 4.98 Å². The van der Waals surface area contributed by atoms with Gasteiger partial charge < -0.3 is 15.8 Å². The number of nitrogens with two attached hydrogens (primary N) is 1. The van der Waals surface area contributed by atoms with Crippen LogP contribution in [-0.2, 0) is 10.3 Å². The third kappa shape index (κ3) is 4.79. The summed E-state index contributed by atoms with van der Waals surface area (Å²) in [6, 6.07) is 9.70. The average molecular weight is 437 g/mol. The Morgan fingerprint density at radius 3 is 2.78 bits per heavy atom. The molecule has 1 aliphatic carbocycles. The number of hydrogen-bond donors (Lipinski definition) is 2. The number of ether oxygens (including phenoxy) is 1. The first-order valence-electron chi connectivity index (χ1n) is 10.8. The SMILES string of the molecule is Nc1ncc(C2([N+](=O)[O-])C=CC=C(c3ccccc3)C2)c(NCCCN2CCOCC2)n1. The van der Waals surface area contributed by atoms with Gasteiger partial charge in [0.15, 0.2) is 0 Å². The molecule has 2 heterocycles. The zero-order valence-corrected chi connectivity index (χ0v) is 17.9. The van der Waals surface area contributed by atoms with Gasteiger partial charge in [0.25, 0.3) is 5.54 Å². The Bertz CT molecular complexity index is 1000. The maximum Gasteiger partial charge on any atom is 0.274 e. The van der Waals surface area contributed by atoms with Crippen molar-refractivity contribution < 1.29 is 9.66 Å². The summed E-state index contributed by atoms with van der Waals surface area (Å²) < 4.78 is 5.38. The smallest absolute Gasteiger partial charge is 0.274 e. The number of hydrogen-bond acceptors (Lipinski definition) is 8. The largest absolute Gasteiger partial charge is 0.379 e. The summed E-state index contributed by atoms with van der Waals surface area (Å²) >= 11 is 0. The van der Waals surface area contributed by atoms with Crippen LogP contribution in [0.5, 0.6) is 0 Å². The van der Waals surface area contributed by atoms with Crippen LogP contribution >= 0.6 is 0 Å². The molecule has 1 atom stereocenters. The lowest BCUT2D eigenvalue weighted by Gasteiger charge is -2.28. The van der Waals surface area contributed by atoms with Gasteiger partial charge in [-0.25, -0.2) is 4.98 Å². The van der Waals surface area contributed by atoms with Crippen molar-refractivity contribution in [3.8, 4) is 0 Å². The summed E-state index contributed by atoms with van der Waals surface area (Å²) in [5, 5.41) is 15.7. The van der Waals surface area contributed by atoms with E-state index < -0.39 is 5.54 Å². The summed E-state index contributed by atoms with van der Waals surface area (Å²) in [4.78, 5) is 22.9. The molecule has 1 saturated heterocycles. The molecule has 0 amide bonds. The molecule has 0 bridgehead atoms. The number of rotatable bonds is 8. The Morgan fingerprint density at radius 2 is 2.03 bits per heavy atom. The third-order valence-electron chi connectivity index (χ3n) is 5.92. The molecular formula is C23H28N6O3. The highest BCUT2D eigenvalue weighted by molar-refractivity contribution is 5.71. The minimum atomic E-state index is -1.47. The van der Waals surface area contributed by atoms with Gasteiger partial charge >= 0.3 is 0 Å². The lowest BCUT2D eigenvalue weighted by molar-refractivity contribution is -0.562. The van der Waals surface area contributed by atoms with Gasteiger partial charge in [-0.05, 0) is 30.2 Å². The first-order valence-corrected chi connectivity index (χ1v) is 10.8. The molecule has 0 spiro atoms. The molecule has 3 N–H and O–H groups in total. The molecule has 1 aromatic heterocycles. The van der Waals surface area contributed by atoms with E-state index in [0.717, 1.165) is 50.4 Å². The number of morpholine rings is 1. The molecule has 1 fully saturated rings. The lowest BCUT2D eigenvalue weighted by Crippen LogP contribution is -2.37. The molecule has 1 aliphatic heterocycles. The highest BCUT2D eigenvalue weighted by Gasteiger charge is 2.47. The van der Waals surface area contributed by atoms with E-state index >= 15 is 0 Å². The maximum atomic E-state index is 12.4. The lowest BCUT2D eigenvalue weighted by atomic mass is 9.80. The molecular weight excluding hydrogens is 408 g/mol. The van der Waals surface area contributed by atoms with Gasteiger partial charge in [-0.15, -0.1) is 0 Å². The predicted octanol–water partition coefficient (Wildman–Crippen LogP) is 2.71. The number of allylic oxidation sites excluding steroid dienone is 2. The summed E-state index contributed by atoms with van der Waals surface area (Å²) in [6.07, 6.45) is 7.84. The first kappa shape index (κ1) is 21.9. The zero-order valence-electron chi connectivity index (χ0n) is 17.9. The van der Waals surface area contributed by atoms with E-state index in [1.54, 1.807) is 12.2 Å². The molecule has 1 unspecified atom stereocenters. The van der Waals surface area contributed by atoms with Gasteiger partial charge in [0.2, 0.25) is 5.95 Å². The minimum absolute atomic E-state index is 0.0848. The Balaban J connectivity index is 1.54. The van der Waals surface area contributed by atoms with E-state index in [2.05, 4.69) is 20.2 Å². The predicted molar refractivity (Wildman–Crippen MR) is 124 cm³/mol. The van der Waals surface area contributed by atoms with Crippen molar-refractivity contribution in [3.05, 3.63) is 76.0 Å². The molecule has 0 radical (unpaired) electrons. The molecule has 9 nitrogen and oxygen atoms in total. The molecule has 9 heteroatoms. The van der Waals surface area contributed by atoms with E-state index in [9.17, 15) is 10.1 Å². The fraction of sp³-hybridized carbons (Fsp3) is 0.391. The van der Waals surface area contributed by atoms with Crippen molar-refractivity contribution in [3.63, 3.8) is 0 Å². The van der Waals surface area contributed by atoms with Crippen molar-refractivity contribution in [1.82, 2.24) is 14.9 Å².